The Labute approximate surface area is 146 Å². The number of pyridine rings is 1. The van der Waals surface area contributed by atoms with Crippen LogP contribution in [0, 0.1) is 5.92 Å². The van der Waals surface area contributed by atoms with Gasteiger partial charge in [-0.2, -0.15) is 0 Å². The maximum atomic E-state index is 12.4. The summed E-state index contributed by atoms with van der Waals surface area (Å²) in [6.45, 7) is 1.98. The molecule has 1 fully saturated rings. The van der Waals surface area contributed by atoms with Gasteiger partial charge in [-0.05, 0) is 49.1 Å². The number of hydrogen-bond donors (Lipinski definition) is 1. The SMILES string of the molecule is COc1ccc(OCC2CCN(C(=O)c3cccc(=O)[nH]3)CC2)cc1. The molecule has 1 saturated heterocycles. The number of carbonyl (C=O) groups excluding carboxylic acids is 1. The number of ether oxygens (including phenoxy) is 2. The zero-order chi connectivity index (χ0) is 17.6. The van der Waals surface area contributed by atoms with Crippen LogP contribution in [0.4, 0.5) is 0 Å². The van der Waals surface area contributed by atoms with E-state index in [0.29, 0.717) is 31.3 Å². The number of H-pyrrole nitrogens is 1. The van der Waals surface area contributed by atoms with Crippen LogP contribution in [0.5, 0.6) is 11.5 Å². The molecule has 1 aromatic carbocycles. The number of carbonyl (C=O) groups is 1. The highest BCUT2D eigenvalue weighted by atomic mass is 16.5. The number of amides is 1. The molecular formula is C19H22N2O4. The van der Waals surface area contributed by atoms with Gasteiger partial charge >= 0.3 is 0 Å². The quantitative estimate of drug-likeness (QED) is 0.905. The van der Waals surface area contributed by atoms with Gasteiger partial charge in [0.2, 0.25) is 5.56 Å². The Bertz CT molecular complexity index is 761. The van der Waals surface area contributed by atoms with Gasteiger partial charge in [-0.3, -0.25) is 9.59 Å². The molecule has 1 aromatic heterocycles. The maximum absolute atomic E-state index is 12.4. The second-order valence-electron chi connectivity index (χ2n) is 6.15. The average Bonchev–Trinajstić information content (AvgIpc) is 2.66. The third-order valence-electron chi connectivity index (χ3n) is 4.45. The number of rotatable bonds is 5. The molecule has 0 atom stereocenters. The number of methoxy groups -OCH3 is 1. The molecule has 3 rings (SSSR count). The molecule has 0 saturated carbocycles. The zero-order valence-corrected chi connectivity index (χ0v) is 14.2. The van der Waals surface area contributed by atoms with E-state index in [2.05, 4.69) is 4.98 Å². The number of aromatic nitrogens is 1. The molecule has 0 aliphatic carbocycles. The Kier molecular flexibility index (Phi) is 5.38. The van der Waals surface area contributed by atoms with E-state index in [1.54, 1.807) is 24.1 Å². The number of piperidine rings is 1. The van der Waals surface area contributed by atoms with E-state index in [-0.39, 0.29) is 11.5 Å². The topological polar surface area (TPSA) is 71.6 Å². The van der Waals surface area contributed by atoms with Gasteiger partial charge in [-0.1, -0.05) is 6.07 Å². The molecule has 1 amide bonds. The fraction of sp³-hybridized carbons (Fsp3) is 0.368. The smallest absolute Gasteiger partial charge is 0.270 e. The van der Waals surface area contributed by atoms with E-state index in [9.17, 15) is 9.59 Å². The van der Waals surface area contributed by atoms with Crippen LogP contribution in [0.2, 0.25) is 0 Å². The van der Waals surface area contributed by atoms with Gasteiger partial charge in [0.05, 0.1) is 13.7 Å². The first-order chi connectivity index (χ1) is 12.2. The molecule has 0 bridgehead atoms. The minimum absolute atomic E-state index is 0.118. The van der Waals surface area contributed by atoms with Crippen molar-refractivity contribution in [3.8, 4) is 11.5 Å². The lowest BCUT2D eigenvalue weighted by atomic mass is 9.97. The molecule has 6 nitrogen and oxygen atoms in total. The van der Waals surface area contributed by atoms with Gasteiger partial charge in [-0.15, -0.1) is 0 Å². The van der Waals surface area contributed by atoms with E-state index in [1.165, 1.54) is 6.07 Å². The standard InChI is InChI=1S/C19H22N2O4/c1-24-15-5-7-16(8-6-15)25-13-14-9-11-21(12-10-14)19(23)17-3-2-4-18(22)20-17/h2-8,14H,9-13H2,1H3,(H,20,22). The average molecular weight is 342 g/mol. The molecule has 1 aliphatic heterocycles. The summed E-state index contributed by atoms with van der Waals surface area (Å²) < 4.78 is 11.0. The van der Waals surface area contributed by atoms with E-state index < -0.39 is 0 Å². The third kappa shape index (κ3) is 4.41. The third-order valence-corrected chi connectivity index (χ3v) is 4.45. The van der Waals surface area contributed by atoms with Crippen molar-refractivity contribution in [3.63, 3.8) is 0 Å². The number of likely N-dealkylation sites (tertiary alicyclic amines) is 1. The highest BCUT2D eigenvalue weighted by Gasteiger charge is 2.24. The lowest BCUT2D eigenvalue weighted by molar-refractivity contribution is 0.0655. The van der Waals surface area contributed by atoms with Gasteiger partial charge in [0.1, 0.15) is 17.2 Å². The summed E-state index contributed by atoms with van der Waals surface area (Å²) in [6.07, 6.45) is 1.78. The van der Waals surface area contributed by atoms with Gasteiger partial charge in [0.25, 0.3) is 5.91 Å². The zero-order valence-electron chi connectivity index (χ0n) is 14.2. The van der Waals surface area contributed by atoms with E-state index in [0.717, 1.165) is 24.3 Å². The molecule has 132 valence electrons. The molecule has 2 heterocycles. The normalized spacial score (nSPS) is 15.0. The van der Waals surface area contributed by atoms with E-state index in [1.807, 2.05) is 24.3 Å². The molecule has 0 radical (unpaired) electrons. The summed E-state index contributed by atoms with van der Waals surface area (Å²) in [5, 5.41) is 0. The van der Waals surface area contributed by atoms with Gasteiger partial charge in [-0.25, -0.2) is 0 Å². The highest BCUT2D eigenvalue weighted by Crippen LogP contribution is 2.22. The van der Waals surface area contributed by atoms with Gasteiger partial charge < -0.3 is 19.4 Å². The molecule has 2 aromatic rings. The van der Waals surface area contributed by atoms with E-state index >= 15 is 0 Å². The van der Waals surface area contributed by atoms with Crippen LogP contribution in [-0.4, -0.2) is 42.6 Å². The van der Waals surface area contributed by atoms with Crippen molar-refractivity contribution in [3.05, 3.63) is 58.5 Å². The van der Waals surface area contributed by atoms with Crippen LogP contribution in [-0.2, 0) is 0 Å². The van der Waals surface area contributed by atoms with Crippen LogP contribution in [0.25, 0.3) is 0 Å². The number of nitrogens with zero attached hydrogens (tertiary/aromatic N) is 1. The molecule has 0 spiro atoms. The Balaban J connectivity index is 1.48. The summed E-state index contributed by atoms with van der Waals surface area (Å²) >= 11 is 0. The molecular weight excluding hydrogens is 320 g/mol. The lowest BCUT2D eigenvalue weighted by Crippen LogP contribution is -2.40. The predicted octanol–water partition coefficient (Wildman–Crippen LogP) is 2.31. The van der Waals surface area contributed by atoms with Crippen LogP contribution >= 0.6 is 0 Å². The second kappa shape index (κ2) is 7.88. The minimum atomic E-state index is -0.256. The Morgan fingerprint density at radius 3 is 2.44 bits per heavy atom. The van der Waals surface area contributed by atoms with Crippen molar-refractivity contribution in [1.29, 1.82) is 0 Å². The predicted molar refractivity (Wildman–Crippen MR) is 94.2 cm³/mol. The monoisotopic (exact) mass is 342 g/mol. The van der Waals surface area contributed by atoms with Crippen molar-refractivity contribution in [2.45, 2.75) is 12.8 Å². The Hall–Kier alpha value is -2.76. The molecule has 6 heteroatoms. The minimum Gasteiger partial charge on any atom is -0.497 e. The number of hydrogen-bond acceptors (Lipinski definition) is 4. The summed E-state index contributed by atoms with van der Waals surface area (Å²) in [6, 6.07) is 12.2. The summed E-state index contributed by atoms with van der Waals surface area (Å²) in [5.41, 5.74) is 0.0917. The fourth-order valence-corrected chi connectivity index (χ4v) is 2.93. The first kappa shape index (κ1) is 17.1. The highest BCUT2D eigenvalue weighted by molar-refractivity contribution is 5.92. The Morgan fingerprint density at radius 2 is 1.80 bits per heavy atom. The Morgan fingerprint density at radius 1 is 1.12 bits per heavy atom. The fourth-order valence-electron chi connectivity index (χ4n) is 2.93. The number of benzene rings is 1. The van der Waals surface area contributed by atoms with Crippen LogP contribution in [0.3, 0.4) is 0 Å². The summed E-state index contributed by atoms with van der Waals surface area (Å²) in [5.74, 6) is 1.92. The van der Waals surface area contributed by atoms with Gasteiger partial charge in [0.15, 0.2) is 0 Å². The van der Waals surface area contributed by atoms with Crippen LogP contribution in [0.15, 0.2) is 47.3 Å². The van der Waals surface area contributed by atoms with Gasteiger partial charge in [0, 0.05) is 19.2 Å². The van der Waals surface area contributed by atoms with Crippen molar-refractivity contribution in [2.75, 3.05) is 26.8 Å². The first-order valence-electron chi connectivity index (χ1n) is 8.41. The van der Waals surface area contributed by atoms with Crippen molar-refractivity contribution >= 4 is 5.91 Å². The summed E-state index contributed by atoms with van der Waals surface area (Å²) in [4.78, 5) is 28.1. The van der Waals surface area contributed by atoms with Crippen LogP contribution < -0.4 is 15.0 Å². The van der Waals surface area contributed by atoms with Crippen molar-refractivity contribution in [2.24, 2.45) is 5.92 Å². The molecule has 0 unspecified atom stereocenters. The molecule has 1 aliphatic rings. The van der Waals surface area contributed by atoms with Crippen molar-refractivity contribution < 1.29 is 14.3 Å². The summed E-state index contributed by atoms with van der Waals surface area (Å²) in [7, 11) is 1.63. The van der Waals surface area contributed by atoms with E-state index in [4.69, 9.17) is 9.47 Å². The number of nitrogens with one attached hydrogen (secondary N) is 1. The largest absolute Gasteiger partial charge is 0.497 e. The lowest BCUT2D eigenvalue weighted by Gasteiger charge is -2.31. The van der Waals surface area contributed by atoms with Crippen LogP contribution in [0.1, 0.15) is 23.3 Å². The number of aromatic amines is 1. The second-order valence-corrected chi connectivity index (χ2v) is 6.15. The molecule has 25 heavy (non-hydrogen) atoms. The maximum Gasteiger partial charge on any atom is 0.270 e. The molecule has 1 N–H and O–H groups in total. The van der Waals surface area contributed by atoms with Crippen molar-refractivity contribution in [1.82, 2.24) is 9.88 Å². The first-order valence-corrected chi connectivity index (χ1v) is 8.41.